The van der Waals surface area contributed by atoms with Crippen LogP contribution in [0, 0.1) is 11.3 Å². The van der Waals surface area contributed by atoms with Crippen LogP contribution in [0.3, 0.4) is 0 Å². The molecule has 0 aliphatic carbocycles. The van der Waals surface area contributed by atoms with Gasteiger partial charge in [0.15, 0.2) is 5.96 Å². The van der Waals surface area contributed by atoms with E-state index in [9.17, 15) is 13.2 Å². The molecule has 0 aromatic rings. The fourth-order valence-corrected chi connectivity index (χ4v) is 3.33. The van der Waals surface area contributed by atoms with E-state index in [1.165, 1.54) is 4.90 Å². The number of ether oxygens (including phenoxy) is 1. The highest BCUT2D eigenvalue weighted by atomic mass is 127. The minimum absolute atomic E-state index is 0. The number of hydrogen-bond donors (Lipinski definition) is 1. The van der Waals surface area contributed by atoms with Crippen LogP contribution in [0.25, 0.3) is 0 Å². The number of hydrogen-bond acceptors (Lipinski definition) is 3. The van der Waals surface area contributed by atoms with Crippen molar-refractivity contribution >= 4 is 29.9 Å². The first-order chi connectivity index (χ1) is 11.7. The first kappa shape index (κ1) is 23.7. The van der Waals surface area contributed by atoms with Crippen molar-refractivity contribution in [2.45, 2.75) is 33.4 Å². The van der Waals surface area contributed by atoms with Crippen LogP contribution < -0.4 is 5.32 Å². The molecular weight excluding hydrogens is 460 g/mol. The van der Waals surface area contributed by atoms with Gasteiger partial charge in [0, 0.05) is 31.6 Å². The Bertz CT molecular complexity index is 458. The quantitative estimate of drug-likeness (QED) is 0.337. The lowest BCUT2D eigenvalue weighted by atomic mass is 9.89. The number of nitrogens with zero attached hydrogens (tertiary/aromatic N) is 3. The maximum absolute atomic E-state index is 12.6. The predicted molar refractivity (Wildman–Crippen MR) is 108 cm³/mol. The summed E-state index contributed by atoms with van der Waals surface area (Å²) in [5.74, 6) is 1.12. The van der Waals surface area contributed by atoms with E-state index in [2.05, 4.69) is 17.1 Å². The largest absolute Gasteiger partial charge is 0.401 e. The molecule has 0 radical (unpaired) electrons. The monoisotopic (exact) mass is 492 g/mol. The molecule has 5 nitrogen and oxygen atoms in total. The number of aliphatic imine (C=N–C) groups is 1. The Morgan fingerprint density at radius 2 is 2.04 bits per heavy atom. The molecule has 0 aromatic heterocycles. The van der Waals surface area contributed by atoms with Gasteiger partial charge in [-0.1, -0.05) is 13.8 Å². The molecule has 154 valence electrons. The second kappa shape index (κ2) is 10.3. The van der Waals surface area contributed by atoms with E-state index in [4.69, 9.17) is 9.73 Å². The van der Waals surface area contributed by atoms with Crippen LogP contribution in [0.1, 0.15) is 27.2 Å². The zero-order valence-corrected chi connectivity index (χ0v) is 18.3. The van der Waals surface area contributed by atoms with Crippen molar-refractivity contribution in [2.24, 2.45) is 16.3 Å². The van der Waals surface area contributed by atoms with E-state index in [1.807, 2.05) is 6.92 Å². The van der Waals surface area contributed by atoms with Crippen molar-refractivity contribution in [2.75, 3.05) is 59.0 Å². The molecule has 1 N–H and O–H groups in total. The van der Waals surface area contributed by atoms with Crippen LogP contribution in [0.5, 0.6) is 0 Å². The van der Waals surface area contributed by atoms with Gasteiger partial charge >= 0.3 is 6.18 Å². The van der Waals surface area contributed by atoms with E-state index >= 15 is 0 Å². The lowest BCUT2D eigenvalue weighted by molar-refractivity contribution is -0.146. The van der Waals surface area contributed by atoms with Gasteiger partial charge in [0.1, 0.15) is 0 Å². The number of nitrogens with one attached hydrogen (secondary N) is 1. The molecule has 2 fully saturated rings. The van der Waals surface area contributed by atoms with Gasteiger partial charge in [0.2, 0.25) is 0 Å². The highest BCUT2D eigenvalue weighted by molar-refractivity contribution is 14.0. The minimum atomic E-state index is -4.13. The summed E-state index contributed by atoms with van der Waals surface area (Å²) >= 11 is 0. The molecule has 0 saturated carbocycles. The smallest absolute Gasteiger partial charge is 0.380 e. The van der Waals surface area contributed by atoms with Crippen molar-refractivity contribution in [1.29, 1.82) is 0 Å². The van der Waals surface area contributed by atoms with Crippen molar-refractivity contribution in [3.63, 3.8) is 0 Å². The lowest BCUT2D eigenvalue weighted by Crippen LogP contribution is -2.45. The highest BCUT2D eigenvalue weighted by Gasteiger charge is 2.35. The topological polar surface area (TPSA) is 40.1 Å². The summed E-state index contributed by atoms with van der Waals surface area (Å²) in [5.41, 5.74) is 0.117. The predicted octanol–water partition coefficient (Wildman–Crippen LogP) is 2.81. The molecule has 2 aliphatic rings. The Balaban J connectivity index is 0.00000338. The first-order valence-electron chi connectivity index (χ1n) is 9.15. The average Bonchev–Trinajstić information content (AvgIpc) is 2.95. The number of likely N-dealkylation sites (tertiary alicyclic amines) is 1. The summed E-state index contributed by atoms with van der Waals surface area (Å²) in [5, 5.41) is 3.31. The standard InChI is InChI=1S/C17H31F3N4O.HI/c1-4-21-15(22-10-16(3)12-25-13-16)24-7-6-14(9-24)8-23(5-2)11-17(18,19)20;/h14H,4-13H2,1-3H3,(H,21,22);1H. The highest BCUT2D eigenvalue weighted by Crippen LogP contribution is 2.27. The Hall–Kier alpha value is -0.290. The van der Waals surface area contributed by atoms with E-state index in [1.54, 1.807) is 6.92 Å². The number of rotatable bonds is 7. The number of alkyl halides is 3. The second-order valence-corrected chi connectivity index (χ2v) is 7.52. The molecule has 9 heteroatoms. The van der Waals surface area contributed by atoms with Crippen LogP contribution >= 0.6 is 24.0 Å². The minimum Gasteiger partial charge on any atom is -0.380 e. The maximum atomic E-state index is 12.6. The van der Waals surface area contributed by atoms with Gasteiger partial charge in [-0.25, -0.2) is 0 Å². The van der Waals surface area contributed by atoms with Crippen LogP contribution in [0.2, 0.25) is 0 Å². The number of halogens is 4. The molecule has 2 rings (SSSR count). The van der Waals surface area contributed by atoms with Crippen LogP contribution in [-0.4, -0.2) is 81.0 Å². The fraction of sp³-hybridized carbons (Fsp3) is 0.941. The summed E-state index contributed by atoms with van der Waals surface area (Å²) in [4.78, 5) is 8.41. The normalized spacial score (nSPS) is 23.0. The lowest BCUT2D eigenvalue weighted by Gasteiger charge is -2.37. The zero-order chi connectivity index (χ0) is 18.5. The van der Waals surface area contributed by atoms with Gasteiger partial charge in [0.25, 0.3) is 0 Å². The van der Waals surface area contributed by atoms with Crippen molar-refractivity contribution < 1.29 is 17.9 Å². The van der Waals surface area contributed by atoms with Crippen molar-refractivity contribution in [3.8, 4) is 0 Å². The van der Waals surface area contributed by atoms with Gasteiger partial charge in [0.05, 0.1) is 26.3 Å². The average molecular weight is 492 g/mol. The van der Waals surface area contributed by atoms with Crippen molar-refractivity contribution in [3.05, 3.63) is 0 Å². The first-order valence-corrected chi connectivity index (χ1v) is 9.15. The van der Waals surface area contributed by atoms with Gasteiger partial charge in [-0.3, -0.25) is 9.89 Å². The SMILES string of the molecule is CCNC(=NCC1(C)COC1)N1CCC(CN(CC)CC(F)(F)F)C1.I. The van der Waals surface area contributed by atoms with Crippen LogP contribution in [-0.2, 0) is 4.74 Å². The molecule has 2 saturated heterocycles. The number of guanidine groups is 1. The third-order valence-electron chi connectivity index (χ3n) is 4.80. The van der Waals surface area contributed by atoms with Gasteiger partial charge in [-0.05, 0) is 25.8 Å². The molecule has 0 amide bonds. The Labute approximate surface area is 171 Å². The van der Waals surface area contributed by atoms with E-state index in [0.29, 0.717) is 19.6 Å². The molecule has 1 atom stereocenters. The summed E-state index contributed by atoms with van der Waals surface area (Å²) in [6.45, 7) is 10.6. The van der Waals surface area contributed by atoms with Crippen LogP contribution in [0.15, 0.2) is 4.99 Å². The van der Waals surface area contributed by atoms with Crippen LogP contribution in [0.4, 0.5) is 13.2 Å². The third-order valence-corrected chi connectivity index (χ3v) is 4.80. The zero-order valence-electron chi connectivity index (χ0n) is 15.9. The van der Waals surface area contributed by atoms with Crippen molar-refractivity contribution in [1.82, 2.24) is 15.1 Å². The molecule has 0 bridgehead atoms. The molecule has 0 spiro atoms. The van der Waals surface area contributed by atoms with E-state index < -0.39 is 12.7 Å². The third kappa shape index (κ3) is 7.38. The summed E-state index contributed by atoms with van der Waals surface area (Å²) in [6, 6.07) is 0. The second-order valence-electron chi connectivity index (χ2n) is 7.52. The summed E-state index contributed by atoms with van der Waals surface area (Å²) < 4.78 is 43.2. The van der Waals surface area contributed by atoms with E-state index in [-0.39, 0.29) is 35.3 Å². The van der Waals surface area contributed by atoms with Gasteiger partial charge < -0.3 is 15.0 Å². The summed E-state index contributed by atoms with van der Waals surface area (Å²) in [6.07, 6.45) is -3.23. The van der Waals surface area contributed by atoms with E-state index in [0.717, 1.165) is 45.2 Å². The Morgan fingerprint density at radius 1 is 1.35 bits per heavy atom. The van der Waals surface area contributed by atoms with Gasteiger partial charge in [-0.15, -0.1) is 24.0 Å². The van der Waals surface area contributed by atoms with Gasteiger partial charge in [-0.2, -0.15) is 13.2 Å². The Kier molecular flexibility index (Phi) is 9.42. The molecule has 0 aromatic carbocycles. The summed E-state index contributed by atoms with van der Waals surface area (Å²) in [7, 11) is 0. The molecule has 2 heterocycles. The Morgan fingerprint density at radius 3 is 2.54 bits per heavy atom. The molecule has 2 aliphatic heterocycles. The fourth-order valence-electron chi connectivity index (χ4n) is 3.33. The molecular formula is C17H32F3IN4O. The molecule has 1 unspecified atom stereocenters. The maximum Gasteiger partial charge on any atom is 0.401 e. The molecule has 26 heavy (non-hydrogen) atoms.